The minimum absolute atomic E-state index is 0.120. The second-order valence-electron chi connectivity index (χ2n) is 4.24. The molecule has 0 bridgehead atoms. The molecule has 1 N–H and O–H groups in total. The van der Waals surface area contributed by atoms with Gasteiger partial charge in [0.05, 0.1) is 11.6 Å². The van der Waals surface area contributed by atoms with E-state index in [0.717, 1.165) is 10.0 Å². The Morgan fingerprint density at radius 3 is 2.55 bits per heavy atom. The number of nitrogens with zero attached hydrogens (tertiary/aromatic N) is 1. The number of benzene rings is 1. The Kier molecular flexibility index (Phi) is 5.18. The highest BCUT2D eigenvalue weighted by Gasteiger charge is 2.15. The van der Waals surface area contributed by atoms with E-state index in [1.165, 1.54) is 0 Å². The second-order valence-corrected chi connectivity index (χ2v) is 6.43. The van der Waals surface area contributed by atoms with Gasteiger partial charge in [0.25, 0.3) is 5.91 Å². The van der Waals surface area contributed by atoms with Crippen LogP contribution in [0.4, 0.5) is 0 Å². The largest absolute Gasteiger partial charge is 0.345 e. The minimum atomic E-state index is -0.251. The van der Waals surface area contributed by atoms with Crippen molar-refractivity contribution in [2.24, 2.45) is 0 Å². The molecule has 1 amide bonds. The van der Waals surface area contributed by atoms with E-state index in [1.54, 1.807) is 12.3 Å². The van der Waals surface area contributed by atoms with E-state index in [1.807, 2.05) is 31.2 Å². The Bertz CT molecular complexity index is 632. The van der Waals surface area contributed by atoms with Gasteiger partial charge in [-0.3, -0.25) is 4.79 Å². The van der Waals surface area contributed by atoms with Gasteiger partial charge in [-0.15, -0.1) is 0 Å². The van der Waals surface area contributed by atoms with Crippen molar-refractivity contribution in [2.45, 2.75) is 13.0 Å². The summed E-state index contributed by atoms with van der Waals surface area (Å²) in [7, 11) is 0. The molecular formula is C14H11Br2ClN2O. The molecule has 2 aromatic rings. The highest BCUT2D eigenvalue weighted by atomic mass is 79.9. The molecule has 20 heavy (non-hydrogen) atoms. The fourth-order valence-corrected chi connectivity index (χ4v) is 2.48. The topological polar surface area (TPSA) is 42.0 Å². The van der Waals surface area contributed by atoms with Crippen LogP contribution in [0.25, 0.3) is 0 Å². The van der Waals surface area contributed by atoms with E-state index in [9.17, 15) is 4.79 Å². The summed E-state index contributed by atoms with van der Waals surface area (Å²) in [6, 6.07) is 9.31. The molecule has 0 radical (unpaired) electrons. The van der Waals surface area contributed by atoms with Crippen LogP contribution in [0.1, 0.15) is 28.9 Å². The van der Waals surface area contributed by atoms with Crippen molar-refractivity contribution in [3.63, 3.8) is 0 Å². The average Bonchev–Trinajstić information content (AvgIpc) is 2.42. The predicted octanol–water partition coefficient (Wildman–Crippen LogP) is 4.75. The Morgan fingerprint density at radius 1 is 1.25 bits per heavy atom. The molecule has 0 aliphatic rings. The summed E-state index contributed by atoms with van der Waals surface area (Å²) in [5.41, 5.74) is 1.37. The number of carbonyl (C=O) groups excluding carboxylic acids is 1. The number of aromatic nitrogens is 1. The molecule has 0 spiro atoms. The zero-order chi connectivity index (χ0) is 14.7. The second kappa shape index (κ2) is 6.70. The molecule has 0 saturated carbocycles. The number of rotatable bonds is 3. The molecular weight excluding hydrogens is 407 g/mol. The SMILES string of the molecule is CC(NC(=O)c1cc(Br)cnc1Cl)c1ccc(Br)cc1. The number of halogens is 3. The van der Waals surface area contributed by atoms with Crippen LogP contribution in [0.2, 0.25) is 5.15 Å². The lowest BCUT2D eigenvalue weighted by Gasteiger charge is -2.15. The monoisotopic (exact) mass is 416 g/mol. The van der Waals surface area contributed by atoms with Gasteiger partial charge in [-0.1, -0.05) is 39.7 Å². The molecule has 1 unspecified atom stereocenters. The zero-order valence-corrected chi connectivity index (χ0v) is 14.5. The smallest absolute Gasteiger partial charge is 0.254 e. The van der Waals surface area contributed by atoms with Crippen molar-refractivity contribution >= 4 is 49.4 Å². The van der Waals surface area contributed by atoms with E-state index < -0.39 is 0 Å². The summed E-state index contributed by atoms with van der Waals surface area (Å²) in [6.45, 7) is 1.92. The molecule has 0 aliphatic heterocycles. The first-order valence-electron chi connectivity index (χ1n) is 5.84. The minimum Gasteiger partial charge on any atom is -0.345 e. The van der Waals surface area contributed by atoms with E-state index in [0.29, 0.717) is 10.0 Å². The zero-order valence-electron chi connectivity index (χ0n) is 10.5. The van der Waals surface area contributed by atoms with Gasteiger partial charge in [-0.2, -0.15) is 0 Å². The molecule has 1 aromatic carbocycles. The molecule has 6 heteroatoms. The third kappa shape index (κ3) is 3.81. The summed E-state index contributed by atoms with van der Waals surface area (Å²) in [5, 5.41) is 3.09. The quantitative estimate of drug-likeness (QED) is 0.731. The molecule has 0 fully saturated rings. The first-order valence-corrected chi connectivity index (χ1v) is 7.81. The third-order valence-corrected chi connectivity index (χ3v) is 4.03. The molecule has 104 valence electrons. The van der Waals surface area contributed by atoms with Crippen LogP contribution in [0, 0.1) is 0 Å². The van der Waals surface area contributed by atoms with Gasteiger partial charge >= 0.3 is 0 Å². The molecule has 0 saturated heterocycles. The molecule has 1 heterocycles. The first kappa shape index (κ1) is 15.5. The molecule has 1 aromatic heterocycles. The number of amides is 1. The van der Waals surface area contributed by atoms with Crippen molar-refractivity contribution in [3.05, 3.63) is 61.8 Å². The van der Waals surface area contributed by atoms with Crippen LogP contribution in [0.15, 0.2) is 45.5 Å². The molecule has 2 rings (SSSR count). The number of pyridine rings is 1. The Labute approximate surface area is 139 Å². The molecule has 3 nitrogen and oxygen atoms in total. The number of hydrogen-bond acceptors (Lipinski definition) is 2. The summed E-state index contributed by atoms with van der Waals surface area (Å²) in [5.74, 6) is -0.251. The lowest BCUT2D eigenvalue weighted by Crippen LogP contribution is -2.27. The molecule has 0 aliphatic carbocycles. The van der Waals surface area contributed by atoms with Crippen LogP contribution >= 0.6 is 43.5 Å². The number of carbonyl (C=O) groups is 1. The van der Waals surface area contributed by atoms with Crippen LogP contribution in [0.3, 0.4) is 0 Å². The summed E-state index contributed by atoms with van der Waals surface area (Å²) in [4.78, 5) is 16.1. The maximum Gasteiger partial charge on any atom is 0.254 e. The van der Waals surface area contributed by atoms with Gasteiger partial charge in [-0.25, -0.2) is 4.98 Å². The van der Waals surface area contributed by atoms with Crippen LogP contribution in [-0.4, -0.2) is 10.9 Å². The van der Waals surface area contributed by atoms with Crippen LogP contribution in [0.5, 0.6) is 0 Å². The van der Waals surface area contributed by atoms with E-state index in [-0.39, 0.29) is 17.1 Å². The lowest BCUT2D eigenvalue weighted by molar-refractivity contribution is 0.0939. The van der Waals surface area contributed by atoms with Gasteiger partial charge in [0, 0.05) is 15.1 Å². The highest BCUT2D eigenvalue weighted by Crippen LogP contribution is 2.20. The lowest BCUT2D eigenvalue weighted by atomic mass is 10.1. The van der Waals surface area contributed by atoms with Crippen molar-refractivity contribution in [1.82, 2.24) is 10.3 Å². The summed E-state index contributed by atoms with van der Waals surface area (Å²) < 4.78 is 1.71. The Morgan fingerprint density at radius 2 is 1.90 bits per heavy atom. The maximum absolute atomic E-state index is 12.2. The normalized spacial score (nSPS) is 12.0. The van der Waals surface area contributed by atoms with Crippen molar-refractivity contribution in [2.75, 3.05) is 0 Å². The molecule has 1 atom stereocenters. The van der Waals surface area contributed by atoms with E-state index in [2.05, 4.69) is 42.2 Å². The van der Waals surface area contributed by atoms with E-state index in [4.69, 9.17) is 11.6 Å². The van der Waals surface area contributed by atoms with Crippen molar-refractivity contribution in [1.29, 1.82) is 0 Å². The van der Waals surface area contributed by atoms with Gasteiger partial charge in [-0.05, 0) is 46.6 Å². The first-order chi connectivity index (χ1) is 9.47. The standard InChI is InChI=1S/C14H11Br2ClN2O/c1-8(9-2-4-10(15)5-3-9)19-14(20)12-6-11(16)7-18-13(12)17/h2-8H,1H3,(H,19,20). The number of nitrogens with one attached hydrogen (secondary N) is 1. The van der Waals surface area contributed by atoms with Gasteiger partial charge in [0.2, 0.25) is 0 Å². The van der Waals surface area contributed by atoms with E-state index >= 15 is 0 Å². The fraction of sp³-hybridized carbons (Fsp3) is 0.143. The summed E-state index contributed by atoms with van der Waals surface area (Å²) >= 11 is 12.6. The maximum atomic E-state index is 12.2. The average molecular weight is 419 g/mol. The number of hydrogen-bond donors (Lipinski definition) is 1. The van der Waals surface area contributed by atoms with Crippen molar-refractivity contribution < 1.29 is 4.79 Å². The van der Waals surface area contributed by atoms with Crippen LogP contribution < -0.4 is 5.32 Å². The van der Waals surface area contributed by atoms with Gasteiger partial charge in [0.1, 0.15) is 5.15 Å². The predicted molar refractivity (Wildman–Crippen MR) is 87.0 cm³/mol. The van der Waals surface area contributed by atoms with Gasteiger partial charge < -0.3 is 5.32 Å². The van der Waals surface area contributed by atoms with Crippen molar-refractivity contribution in [3.8, 4) is 0 Å². The van der Waals surface area contributed by atoms with Crippen LogP contribution in [-0.2, 0) is 0 Å². The fourth-order valence-electron chi connectivity index (χ4n) is 1.69. The highest BCUT2D eigenvalue weighted by molar-refractivity contribution is 9.10. The Hall–Kier alpha value is -0.910. The Balaban J connectivity index is 2.15. The summed E-state index contributed by atoms with van der Waals surface area (Å²) in [6.07, 6.45) is 1.55. The van der Waals surface area contributed by atoms with Gasteiger partial charge in [0.15, 0.2) is 0 Å². The third-order valence-electron chi connectivity index (χ3n) is 2.77.